The second kappa shape index (κ2) is 9.56. The molecule has 0 radical (unpaired) electrons. The Labute approximate surface area is 144 Å². The number of methoxy groups -OCH3 is 1. The SMILES string of the molecule is CC.COc1ccc2c(c1)CCCN2.c1ccc2ncccc2c1. The second-order valence-electron chi connectivity index (χ2n) is 5.25. The van der Waals surface area contributed by atoms with Crippen molar-refractivity contribution < 1.29 is 4.74 Å². The molecule has 1 N–H and O–H groups in total. The molecule has 126 valence electrons. The third-order valence-electron chi connectivity index (χ3n) is 3.76. The van der Waals surface area contributed by atoms with Crippen LogP contribution in [-0.4, -0.2) is 18.6 Å². The van der Waals surface area contributed by atoms with Crippen LogP contribution in [0.25, 0.3) is 10.9 Å². The Kier molecular flexibility index (Phi) is 7.09. The average molecular weight is 322 g/mol. The summed E-state index contributed by atoms with van der Waals surface area (Å²) in [6.45, 7) is 5.10. The van der Waals surface area contributed by atoms with Gasteiger partial charge >= 0.3 is 0 Å². The van der Waals surface area contributed by atoms with Crippen LogP contribution in [-0.2, 0) is 6.42 Å². The number of hydrogen-bond donors (Lipinski definition) is 1. The molecule has 1 aliphatic heterocycles. The molecule has 0 saturated carbocycles. The highest BCUT2D eigenvalue weighted by atomic mass is 16.5. The van der Waals surface area contributed by atoms with Crippen molar-refractivity contribution in [3.8, 4) is 5.75 Å². The van der Waals surface area contributed by atoms with E-state index in [1.807, 2.05) is 50.4 Å². The highest BCUT2D eigenvalue weighted by Crippen LogP contribution is 2.25. The summed E-state index contributed by atoms with van der Waals surface area (Å²) in [4.78, 5) is 4.18. The van der Waals surface area contributed by atoms with E-state index >= 15 is 0 Å². The summed E-state index contributed by atoms with van der Waals surface area (Å²) in [5.41, 5.74) is 3.70. The van der Waals surface area contributed by atoms with Gasteiger partial charge in [0.05, 0.1) is 12.6 Å². The van der Waals surface area contributed by atoms with Gasteiger partial charge in [0.2, 0.25) is 0 Å². The van der Waals surface area contributed by atoms with Crippen molar-refractivity contribution in [3.05, 3.63) is 66.4 Å². The van der Waals surface area contributed by atoms with Crippen molar-refractivity contribution >= 4 is 16.6 Å². The number of nitrogens with one attached hydrogen (secondary N) is 1. The lowest BCUT2D eigenvalue weighted by atomic mass is 10.0. The standard InChI is InChI=1S/C10H13NO.C9H7N.C2H6/c1-12-9-4-5-10-8(7-9)3-2-6-11-10;1-2-6-9-8(4-1)5-3-7-10-9;1-2/h4-5,7,11H,2-3,6H2,1H3;1-7H;1-2H3. The van der Waals surface area contributed by atoms with Crippen LogP contribution < -0.4 is 10.1 Å². The fourth-order valence-electron chi connectivity index (χ4n) is 2.59. The zero-order chi connectivity index (χ0) is 17.2. The lowest BCUT2D eigenvalue weighted by molar-refractivity contribution is 0.414. The molecule has 2 aromatic carbocycles. The van der Waals surface area contributed by atoms with Crippen molar-refractivity contribution in [3.63, 3.8) is 0 Å². The number of benzene rings is 2. The fourth-order valence-corrected chi connectivity index (χ4v) is 2.59. The van der Waals surface area contributed by atoms with Crippen LogP contribution in [0.2, 0.25) is 0 Å². The molecule has 24 heavy (non-hydrogen) atoms. The summed E-state index contributed by atoms with van der Waals surface area (Å²) in [5, 5.41) is 4.56. The number of aryl methyl sites for hydroxylation is 1. The number of rotatable bonds is 1. The zero-order valence-electron chi connectivity index (χ0n) is 14.8. The first-order valence-electron chi connectivity index (χ1n) is 8.57. The van der Waals surface area contributed by atoms with E-state index in [9.17, 15) is 0 Å². The molecule has 3 heteroatoms. The van der Waals surface area contributed by atoms with E-state index in [0.717, 1.165) is 17.8 Å². The van der Waals surface area contributed by atoms with Crippen LogP contribution in [0.4, 0.5) is 5.69 Å². The normalized spacial score (nSPS) is 11.8. The van der Waals surface area contributed by atoms with Gasteiger partial charge in [-0.05, 0) is 48.7 Å². The number of hydrogen-bond acceptors (Lipinski definition) is 3. The Morgan fingerprint density at radius 2 is 1.79 bits per heavy atom. The molecule has 0 fully saturated rings. The molecule has 0 atom stereocenters. The van der Waals surface area contributed by atoms with Gasteiger partial charge in [-0.15, -0.1) is 0 Å². The molecular weight excluding hydrogens is 296 g/mol. The van der Waals surface area contributed by atoms with E-state index in [4.69, 9.17) is 4.74 Å². The zero-order valence-corrected chi connectivity index (χ0v) is 14.8. The Bertz CT molecular complexity index is 690. The predicted molar refractivity (Wildman–Crippen MR) is 103 cm³/mol. The maximum atomic E-state index is 5.15. The molecule has 3 aromatic rings. The lowest BCUT2D eigenvalue weighted by Gasteiger charge is -2.18. The summed E-state index contributed by atoms with van der Waals surface area (Å²) in [7, 11) is 1.71. The summed E-state index contributed by atoms with van der Waals surface area (Å²) in [6.07, 6.45) is 4.20. The van der Waals surface area contributed by atoms with E-state index in [1.165, 1.54) is 29.5 Å². The topological polar surface area (TPSA) is 34.1 Å². The molecular formula is C21H26N2O. The number of aromatic nitrogens is 1. The van der Waals surface area contributed by atoms with Gasteiger partial charge in [-0.3, -0.25) is 4.98 Å². The molecule has 2 heterocycles. The van der Waals surface area contributed by atoms with Crippen LogP contribution in [0.15, 0.2) is 60.8 Å². The molecule has 1 aliphatic rings. The summed E-state index contributed by atoms with van der Waals surface area (Å²) in [5.74, 6) is 0.956. The van der Waals surface area contributed by atoms with Gasteiger partial charge in [0, 0.05) is 23.8 Å². The molecule has 3 nitrogen and oxygen atoms in total. The van der Waals surface area contributed by atoms with Crippen LogP contribution in [0.1, 0.15) is 25.8 Å². The third-order valence-corrected chi connectivity index (χ3v) is 3.76. The fraction of sp³-hybridized carbons (Fsp3) is 0.286. The van der Waals surface area contributed by atoms with Gasteiger partial charge in [0.15, 0.2) is 0 Å². The van der Waals surface area contributed by atoms with E-state index in [-0.39, 0.29) is 0 Å². The number of anilines is 1. The molecule has 0 aliphatic carbocycles. The number of ether oxygens (including phenoxy) is 1. The van der Waals surface area contributed by atoms with E-state index in [0.29, 0.717) is 0 Å². The second-order valence-corrected chi connectivity index (χ2v) is 5.25. The van der Waals surface area contributed by atoms with Crippen LogP contribution in [0.5, 0.6) is 5.75 Å². The van der Waals surface area contributed by atoms with E-state index in [2.05, 4.69) is 34.6 Å². The lowest BCUT2D eigenvalue weighted by Crippen LogP contribution is -2.11. The monoisotopic (exact) mass is 322 g/mol. The Balaban J connectivity index is 0.000000160. The molecule has 0 saturated heterocycles. The van der Waals surface area contributed by atoms with Gasteiger partial charge in [-0.2, -0.15) is 0 Å². The molecule has 4 rings (SSSR count). The quantitative estimate of drug-likeness (QED) is 0.659. The predicted octanol–water partition coefficient (Wildman–Crippen LogP) is 5.31. The Hall–Kier alpha value is -2.55. The Morgan fingerprint density at radius 1 is 1.00 bits per heavy atom. The minimum atomic E-state index is 0.956. The van der Waals surface area contributed by atoms with Gasteiger partial charge in [-0.1, -0.05) is 38.1 Å². The summed E-state index contributed by atoms with van der Waals surface area (Å²) < 4.78 is 5.15. The van der Waals surface area contributed by atoms with Crippen molar-refractivity contribution in [2.24, 2.45) is 0 Å². The van der Waals surface area contributed by atoms with Crippen LogP contribution >= 0.6 is 0 Å². The average Bonchev–Trinajstić information content (AvgIpc) is 2.69. The van der Waals surface area contributed by atoms with Crippen LogP contribution in [0.3, 0.4) is 0 Å². The minimum absolute atomic E-state index is 0.956. The first kappa shape index (κ1) is 17.8. The number of pyridine rings is 1. The molecule has 0 amide bonds. The van der Waals surface area contributed by atoms with Crippen molar-refractivity contribution in [1.29, 1.82) is 0 Å². The smallest absolute Gasteiger partial charge is 0.119 e. The highest BCUT2D eigenvalue weighted by Gasteiger charge is 2.08. The van der Waals surface area contributed by atoms with Gasteiger partial charge in [-0.25, -0.2) is 0 Å². The number of nitrogens with zero attached hydrogens (tertiary/aromatic N) is 1. The first-order chi connectivity index (χ1) is 11.9. The van der Waals surface area contributed by atoms with Crippen molar-refractivity contribution in [1.82, 2.24) is 4.98 Å². The van der Waals surface area contributed by atoms with Gasteiger partial charge in [0.1, 0.15) is 5.75 Å². The number of fused-ring (bicyclic) bond motifs is 2. The molecule has 0 spiro atoms. The summed E-state index contributed by atoms with van der Waals surface area (Å²) in [6, 6.07) is 18.3. The van der Waals surface area contributed by atoms with Crippen molar-refractivity contribution in [2.75, 3.05) is 19.0 Å². The molecule has 0 bridgehead atoms. The first-order valence-corrected chi connectivity index (χ1v) is 8.57. The van der Waals surface area contributed by atoms with Gasteiger partial charge in [0.25, 0.3) is 0 Å². The van der Waals surface area contributed by atoms with Crippen LogP contribution in [0, 0.1) is 0 Å². The number of para-hydroxylation sites is 1. The van der Waals surface area contributed by atoms with E-state index in [1.54, 1.807) is 7.11 Å². The minimum Gasteiger partial charge on any atom is -0.497 e. The Morgan fingerprint density at radius 3 is 2.58 bits per heavy atom. The van der Waals surface area contributed by atoms with Gasteiger partial charge < -0.3 is 10.1 Å². The maximum Gasteiger partial charge on any atom is 0.119 e. The van der Waals surface area contributed by atoms with E-state index < -0.39 is 0 Å². The molecule has 0 unspecified atom stereocenters. The third kappa shape index (κ3) is 4.72. The van der Waals surface area contributed by atoms with Crippen molar-refractivity contribution in [2.45, 2.75) is 26.7 Å². The molecule has 1 aromatic heterocycles. The summed E-state index contributed by atoms with van der Waals surface area (Å²) >= 11 is 0. The maximum absolute atomic E-state index is 5.15. The largest absolute Gasteiger partial charge is 0.497 e. The highest BCUT2D eigenvalue weighted by molar-refractivity contribution is 5.77.